The average Bonchev–Trinajstić information content (AvgIpc) is 2.38. The summed E-state index contributed by atoms with van der Waals surface area (Å²) in [6.45, 7) is 9.13. The third-order valence-corrected chi connectivity index (χ3v) is 3.67. The first-order valence-corrected chi connectivity index (χ1v) is 6.07. The topological polar surface area (TPSA) is 52.2 Å². The number of benzene rings is 1. The lowest BCUT2D eigenvalue weighted by Crippen LogP contribution is -2.41. The Labute approximate surface area is 108 Å². The van der Waals surface area contributed by atoms with Gasteiger partial charge in [-0.25, -0.2) is 0 Å². The Hall–Kier alpha value is -1.39. The van der Waals surface area contributed by atoms with E-state index in [0.717, 1.165) is 21.9 Å². The van der Waals surface area contributed by atoms with Crippen LogP contribution in [-0.2, 0) is 21.1 Å². The van der Waals surface area contributed by atoms with Crippen molar-refractivity contribution in [3.63, 3.8) is 0 Å². The molecule has 4 nitrogen and oxygen atoms in total. The molecule has 0 saturated carbocycles. The molecule has 1 radical (unpaired) electrons. The third kappa shape index (κ3) is 1.72. The van der Waals surface area contributed by atoms with Crippen LogP contribution < -0.4 is 5.32 Å². The Morgan fingerprint density at radius 1 is 1.11 bits per heavy atom. The van der Waals surface area contributed by atoms with E-state index in [-0.39, 0.29) is 5.91 Å². The number of amides is 1. The highest BCUT2D eigenvalue weighted by Crippen LogP contribution is 2.48. The molecule has 0 aliphatic carbocycles. The number of fused-ring (bicyclic) bond motifs is 1. The molecule has 1 heterocycles. The highest BCUT2D eigenvalue weighted by atomic mass is 16.5. The Bertz CT molecular complexity index is 507. The molecule has 0 bridgehead atoms. The molecular weight excluding hydrogens is 228 g/mol. The normalized spacial score (nSPS) is 20.6. The van der Waals surface area contributed by atoms with Gasteiger partial charge in [-0.15, -0.1) is 10.3 Å². The van der Waals surface area contributed by atoms with Crippen molar-refractivity contribution in [2.75, 3.05) is 5.32 Å². The summed E-state index contributed by atoms with van der Waals surface area (Å²) in [5, 5.41) is 16.3. The molecule has 0 spiro atoms. The highest BCUT2D eigenvalue weighted by Gasteiger charge is 2.49. The fourth-order valence-corrected chi connectivity index (χ4v) is 2.78. The van der Waals surface area contributed by atoms with Gasteiger partial charge in [0.1, 0.15) is 0 Å². The Morgan fingerprint density at radius 2 is 1.67 bits per heavy atom. The van der Waals surface area contributed by atoms with E-state index in [1.165, 1.54) is 6.92 Å². The summed E-state index contributed by atoms with van der Waals surface area (Å²) in [5.41, 5.74) is 1.63. The minimum Gasteiger partial charge on any atom is -0.326 e. The van der Waals surface area contributed by atoms with Crippen LogP contribution in [0.3, 0.4) is 0 Å². The molecule has 1 N–H and O–H groups in total. The molecule has 0 atom stereocenters. The molecule has 0 fully saturated rings. The fraction of sp³-hybridized carbons (Fsp3) is 0.500. The molecule has 0 unspecified atom stereocenters. The van der Waals surface area contributed by atoms with Crippen molar-refractivity contribution in [1.29, 1.82) is 0 Å². The highest BCUT2D eigenvalue weighted by molar-refractivity contribution is 5.88. The van der Waals surface area contributed by atoms with Crippen LogP contribution in [0, 0.1) is 0 Å². The third-order valence-electron chi connectivity index (χ3n) is 3.67. The average molecular weight is 247 g/mol. The quantitative estimate of drug-likeness (QED) is 0.829. The van der Waals surface area contributed by atoms with E-state index < -0.39 is 11.1 Å². The summed E-state index contributed by atoms with van der Waals surface area (Å²) in [6, 6.07) is 5.67. The van der Waals surface area contributed by atoms with E-state index in [0.29, 0.717) is 0 Å². The van der Waals surface area contributed by atoms with Crippen LogP contribution in [-0.4, -0.2) is 11.0 Å². The molecule has 4 heteroatoms. The zero-order valence-electron chi connectivity index (χ0n) is 11.5. The van der Waals surface area contributed by atoms with Crippen LogP contribution in [0.4, 0.5) is 5.69 Å². The second kappa shape index (κ2) is 3.80. The second-order valence-electron chi connectivity index (χ2n) is 5.85. The fourth-order valence-electron chi connectivity index (χ4n) is 2.78. The number of rotatable bonds is 1. The number of anilines is 1. The predicted octanol–water partition coefficient (Wildman–Crippen LogP) is 2.78. The zero-order chi connectivity index (χ0) is 13.7. The van der Waals surface area contributed by atoms with E-state index >= 15 is 0 Å². The first kappa shape index (κ1) is 13.1. The van der Waals surface area contributed by atoms with Crippen molar-refractivity contribution in [3.05, 3.63) is 29.3 Å². The maximum atomic E-state index is 12.4. The van der Waals surface area contributed by atoms with Crippen LogP contribution in [0.5, 0.6) is 0 Å². The molecule has 1 aromatic rings. The smallest absolute Gasteiger partial charge is 0.221 e. The van der Waals surface area contributed by atoms with E-state index in [1.807, 2.05) is 45.9 Å². The minimum atomic E-state index is -0.576. The Balaban J connectivity index is 2.55. The summed E-state index contributed by atoms with van der Waals surface area (Å²) < 4.78 is 0. The first-order valence-electron chi connectivity index (χ1n) is 6.07. The van der Waals surface area contributed by atoms with Crippen molar-refractivity contribution >= 4 is 11.6 Å². The van der Waals surface area contributed by atoms with E-state index in [4.69, 9.17) is 0 Å². The van der Waals surface area contributed by atoms with Gasteiger partial charge in [0, 0.05) is 12.6 Å². The second-order valence-corrected chi connectivity index (χ2v) is 5.85. The number of hydroxylamine groups is 2. The molecular formula is C14H19N2O2. The van der Waals surface area contributed by atoms with Gasteiger partial charge in [0.2, 0.25) is 5.91 Å². The monoisotopic (exact) mass is 247 g/mol. The van der Waals surface area contributed by atoms with E-state index in [2.05, 4.69) is 5.32 Å². The first-order chi connectivity index (χ1) is 8.17. The van der Waals surface area contributed by atoms with Crippen molar-refractivity contribution in [1.82, 2.24) is 5.06 Å². The molecule has 18 heavy (non-hydrogen) atoms. The molecule has 2 rings (SSSR count). The van der Waals surface area contributed by atoms with Crippen molar-refractivity contribution in [3.8, 4) is 0 Å². The molecule has 1 aliphatic heterocycles. The van der Waals surface area contributed by atoms with E-state index in [1.54, 1.807) is 0 Å². The Morgan fingerprint density at radius 3 is 2.22 bits per heavy atom. The molecule has 1 amide bonds. The summed E-state index contributed by atoms with van der Waals surface area (Å²) >= 11 is 0. The lowest BCUT2D eigenvalue weighted by molar-refractivity contribution is -0.266. The summed E-state index contributed by atoms with van der Waals surface area (Å²) in [7, 11) is 0. The number of carbonyl (C=O) groups excluding carboxylic acids is 1. The van der Waals surface area contributed by atoms with E-state index in [9.17, 15) is 10.0 Å². The van der Waals surface area contributed by atoms with Crippen LogP contribution in [0.1, 0.15) is 45.7 Å². The number of nitrogens with zero attached hydrogens (tertiary/aromatic N) is 1. The van der Waals surface area contributed by atoms with Gasteiger partial charge < -0.3 is 5.32 Å². The van der Waals surface area contributed by atoms with Crippen molar-refractivity contribution < 1.29 is 10.0 Å². The van der Waals surface area contributed by atoms with Crippen LogP contribution in [0.15, 0.2) is 18.2 Å². The lowest BCUT2D eigenvalue weighted by atomic mass is 9.90. The largest absolute Gasteiger partial charge is 0.326 e. The maximum absolute atomic E-state index is 12.4. The predicted molar refractivity (Wildman–Crippen MR) is 69.3 cm³/mol. The number of hydrogen-bond acceptors (Lipinski definition) is 2. The van der Waals surface area contributed by atoms with Crippen LogP contribution in [0.2, 0.25) is 0 Å². The summed E-state index contributed by atoms with van der Waals surface area (Å²) in [5.74, 6) is -0.107. The standard InChI is InChI=1S/C14H19N2O2/c1-9(17)15-10-6-7-11-12(8-10)14(4,5)16(18)13(11,2)3/h6-8H,1-5H3,(H,15,17). The van der Waals surface area contributed by atoms with Gasteiger partial charge in [0.25, 0.3) is 0 Å². The van der Waals surface area contributed by atoms with Gasteiger partial charge in [0.15, 0.2) is 0 Å². The van der Waals surface area contributed by atoms with Crippen LogP contribution in [0.25, 0.3) is 0 Å². The maximum Gasteiger partial charge on any atom is 0.221 e. The minimum absolute atomic E-state index is 0.107. The Kier molecular flexibility index (Phi) is 2.76. The molecule has 97 valence electrons. The SMILES string of the molecule is CC(=O)Nc1ccc2c(c1)C(C)(C)N([O])C2(C)C. The van der Waals surface area contributed by atoms with Gasteiger partial charge >= 0.3 is 0 Å². The zero-order valence-corrected chi connectivity index (χ0v) is 11.5. The van der Waals surface area contributed by atoms with Gasteiger partial charge in [-0.2, -0.15) is 0 Å². The molecule has 0 aromatic heterocycles. The summed E-state index contributed by atoms with van der Waals surface area (Å²) in [6.07, 6.45) is 0. The van der Waals surface area contributed by atoms with Gasteiger partial charge in [0.05, 0.1) is 11.1 Å². The van der Waals surface area contributed by atoms with Crippen molar-refractivity contribution in [2.45, 2.75) is 45.7 Å². The van der Waals surface area contributed by atoms with Gasteiger partial charge in [-0.1, -0.05) is 6.07 Å². The molecule has 1 aromatic carbocycles. The number of carbonyl (C=O) groups is 1. The summed E-state index contributed by atoms with van der Waals surface area (Å²) in [4.78, 5) is 11.1. The lowest BCUT2D eigenvalue weighted by Gasteiger charge is -2.32. The van der Waals surface area contributed by atoms with Crippen molar-refractivity contribution in [2.24, 2.45) is 0 Å². The van der Waals surface area contributed by atoms with Gasteiger partial charge in [-0.05, 0) is 51.0 Å². The number of nitrogens with one attached hydrogen (secondary N) is 1. The van der Waals surface area contributed by atoms with Gasteiger partial charge in [-0.3, -0.25) is 4.79 Å². The molecule has 0 saturated heterocycles. The molecule has 1 aliphatic rings. The number of hydrogen-bond donors (Lipinski definition) is 1. The van der Waals surface area contributed by atoms with Crippen LogP contribution >= 0.6 is 0 Å².